The van der Waals surface area contributed by atoms with E-state index in [1.165, 1.54) is 12.1 Å². The van der Waals surface area contributed by atoms with Gasteiger partial charge in [-0.25, -0.2) is 0 Å². The summed E-state index contributed by atoms with van der Waals surface area (Å²) in [6.07, 6.45) is -4.01. The Morgan fingerprint density at radius 3 is 2.48 bits per heavy atom. The second kappa shape index (κ2) is 6.22. The van der Waals surface area contributed by atoms with E-state index < -0.39 is 12.4 Å². The number of rotatable bonds is 5. The van der Waals surface area contributed by atoms with Crippen molar-refractivity contribution in [1.29, 1.82) is 0 Å². The Kier molecular flexibility index (Phi) is 4.57. The minimum Gasteiger partial charge on any atom is -0.464 e. The standard InChI is InChI=1S/C15H16F3NO2/c1-3-10-8-9-13(20-10)14(19-2)11-6-4-5-7-12(11)21-15(16,17)18/h4-9,14,19H,3H2,1-2H3. The van der Waals surface area contributed by atoms with Gasteiger partial charge in [0.25, 0.3) is 0 Å². The van der Waals surface area contributed by atoms with E-state index in [1.54, 1.807) is 25.2 Å². The van der Waals surface area contributed by atoms with E-state index in [2.05, 4.69) is 10.1 Å². The fourth-order valence-electron chi connectivity index (χ4n) is 2.13. The van der Waals surface area contributed by atoms with Gasteiger partial charge < -0.3 is 14.5 Å². The molecule has 1 aromatic carbocycles. The van der Waals surface area contributed by atoms with Gasteiger partial charge in [-0.3, -0.25) is 0 Å². The van der Waals surface area contributed by atoms with Gasteiger partial charge in [-0.1, -0.05) is 25.1 Å². The minimum absolute atomic E-state index is 0.237. The fraction of sp³-hybridized carbons (Fsp3) is 0.333. The van der Waals surface area contributed by atoms with Gasteiger partial charge in [-0.05, 0) is 25.2 Å². The highest BCUT2D eigenvalue weighted by atomic mass is 19.4. The summed E-state index contributed by atoms with van der Waals surface area (Å²) in [4.78, 5) is 0. The number of nitrogens with one attached hydrogen (secondary N) is 1. The van der Waals surface area contributed by atoms with Crippen LogP contribution in [0.15, 0.2) is 40.8 Å². The number of alkyl halides is 3. The van der Waals surface area contributed by atoms with Gasteiger partial charge >= 0.3 is 6.36 Å². The molecule has 0 radical (unpaired) electrons. The molecule has 2 aromatic rings. The quantitative estimate of drug-likeness (QED) is 0.904. The molecule has 0 amide bonds. The molecule has 3 nitrogen and oxygen atoms in total. The molecular weight excluding hydrogens is 283 g/mol. The number of benzene rings is 1. The summed E-state index contributed by atoms with van der Waals surface area (Å²) in [5, 5.41) is 2.96. The summed E-state index contributed by atoms with van der Waals surface area (Å²) in [6, 6.07) is 9.08. The lowest BCUT2D eigenvalue weighted by molar-refractivity contribution is -0.275. The van der Waals surface area contributed by atoms with E-state index in [-0.39, 0.29) is 5.75 Å². The van der Waals surface area contributed by atoms with E-state index in [1.807, 2.05) is 13.0 Å². The van der Waals surface area contributed by atoms with Crippen LogP contribution < -0.4 is 10.1 Å². The van der Waals surface area contributed by atoms with Crippen LogP contribution in [0.5, 0.6) is 5.75 Å². The van der Waals surface area contributed by atoms with Crippen LogP contribution in [0.2, 0.25) is 0 Å². The zero-order chi connectivity index (χ0) is 15.5. The predicted molar refractivity (Wildman–Crippen MR) is 72.1 cm³/mol. The van der Waals surface area contributed by atoms with Crippen LogP contribution in [-0.4, -0.2) is 13.4 Å². The fourth-order valence-corrected chi connectivity index (χ4v) is 2.13. The van der Waals surface area contributed by atoms with Crippen LogP contribution in [0.25, 0.3) is 0 Å². The van der Waals surface area contributed by atoms with Crippen LogP contribution in [0.4, 0.5) is 13.2 Å². The maximum absolute atomic E-state index is 12.5. The second-order valence-corrected chi connectivity index (χ2v) is 4.46. The molecule has 6 heteroatoms. The number of hydrogen-bond donors (Lipinski definition) is 1. The molecule has 21 heavy (non-hydrogen) atoms. The SMILES string of the molecule is CCc1ccc(C(NC)c2ccccc2OC(F)(F)F)o1. The molecule has 0 aliphatic heterocycles. The van der Waals surface area contributed by atoms with Crippen molar-refractivity contribution >= 4 is 0 Å². The topological polar surface area (TPSA) is 34.4 Å². The first-order valence-electron chi connectivity index (χ1n) is 6.55. The molecule has 0 bridgehead atoms. The highest BCUT2D eigenvalue weighted by Gasteiger charge is 2.33. The molecule has 114 valence electrons. The van der Waals surface area contributed by atoms with Crippen molar-refractivity contribution in [2.24, 2.45) is 0 Å². The van der Waals surface area contributed by atoms with Crippen molar-refractivity contribution in [3.63, 3.8) is 0 Å². The third-order valence-electron chi connectivity index (χ3n) is 3.06. The molecule has 0 aliphatic carbocycles. The molecule has 0 aliphatic rings. The van der Waals surface area contributed by atoms with E-state index in [0.29, 0.717) is 11.3 Å². The summed E-state index contributed by atoms with van der Waals surface area (Å²) in [6.45, 7) is 1.94. The van der Waals surface area contributed by atoms with Crippen molar-refractivity contribution < 1.29 is 22.3 Å². The number of ether oxygens (including phenoxy) is 1. The number of hydrogen-bond acceptors (Lipinski definition) is 3. The number of para-hydroxylation sites is 1. The van der Waals surface area contributed by atoms with Crippen molar-refractivity contribution in [2.45, 2.75) is 25.7 Å². The monoisotopic (exact) mass is 299 g/mol. The lowest BCUT2D eigenvalue weighted by Gasteiger charge is -2.19. The van der Waals surface area contributed by atoms with Gasteiger partial charge in [0.1, 0.15) is 17.3 Å². The first-order valence-corrected chi connectivity index (χ1v) is 6.55. The lowest BCUT2D eigenvalue weighted by atomic mass is 10.0. The average molecular weight is 299 g/mol. The second-order valence-electron chi connectivity index (χ2n) is 4.46. The smallest absolute Gasteiger partial charge is 0.464 e. The highest BCUT2D eigenvalue weighted by Crippen LogP contribution is 2.33. The van der Waals surface area contributed by atoms with E-state index in [0.717, 1.165) is 12.2 Å². The molecule has 1 atom stereocenters. The van der Waals surface area contributed by atoms with Gasteiger partial charge in [0, 0.05) is 12.0 Å². The van der Waals surface area contributed by atoms with Crippen molar-refractivity contribution in [1.82, 2.24) is 5.32 Å². The van der Waals surface area contributed by atoms with Crippen LogP contribution in [0.1, 0.15) is 30.0 Å². The van der Waals surface area contributed by atoms with Crippen molar-refractivity contribution in [3.05, 3.63) is 53.5 Å². The van der Waals surface area contributed by atoms with E-state index in [4.69, 9.17) is 4.42 Å². The summed E-state index contributed by atoms with van der Waals surface area (Å²) in [7, 11) is 1.66. The molecular formula is C15H16F3NO2. The van der Waals surface area contributed by atoms with Gasteiger partial charge in [-0.2, -0.15) is 0 Å². The number of aryl methyl sites for hydroxylation is 1. The predicted octanol–water partition coefficient (Wildman–Crippen LogP) is 4.05. The average Bonchev–Trinajstić information content (AvgIpc) is 2.88. The Bertz CT molecular complexity index is 593. The van der Waals surface area contributed by atoms with Crippen LogP contribution in [0.3, 0.4) is 0 Å². The molecule has 2 rings (SSSR count). The summed E-state index contributed by atoms with van der Waals surface area (Å²) in [5.74, 6) is 1.09. The number of furan rings is 1. The molecule has 0 fully saturated rings. The van der Waals surface area contributed by atoms with Gasteiger partial charge in [0.15, 0.2) is 0 Å². The first-order chi connectivity index (χ1) is 9.94. The van der Waals surface area contributed by atoms with E-state index >= 15 is 0 Å². The largest absolute Gasteiger partial charge is 0.573 e. The van der Waals surface area contributed by atoms with Crippen molar-refractivity contribution in [2.75, 3.05) is 7.05 Å². The van der Waals surface area contributed by atoms with Gasteiger partial charge in [0.2, 0.25) is 0 Å². The summed E-state index contributed by atoms with van der Waals surface area (Å²) in [5.41, 5.74) is 0.370. The van der Waals surface area contributed by atoms with Crippen LogP contribution in [-0.2, 0) is 6.42 Å². The molecule has 0 saturated heterocycles. The van der Waals surface area contributed by atoms with Crippen molar-refractivity contribution in [3.8, 4) is 5.75 Å². The molecule has 1 unspecified atom stereocenters. The van der Waals surface area contributed by atoms with Gasteiger partial charge in [0.05, 0.1) is 6.04 Å². The molecule has 0 spiro atoms. The lowest BCUT2D eigenvalue weighted by Crippen LogP contribution is -2.22. The van der Waals surface area contributed by atoms with Gasteiger partial charge in [-0.15, -0.1) is 13.2 Å². The molecule has 1 N–H and O–H groups in total. The molecule has 1 aromatic heterocycles. The highest BCUT2D eigenvalue weighted by molar-refractivity contribution is 5.39. The third kappa shape index (κ3) is 3.78. The Morgan fingerprint density at radius 1 is 1.19 bits per heavy atom. The molecule has 1 heterocycles. The van der Waals surface area contributed by atoms with Crippen LogP contribution in [0, 0.1) is 0 Å². The zero-order valence-electron chi connectivity index (χ0n) is 11.7. The minimum atomic E-state index is -4.73. The normalized spacial score (nSPS) is 13.2. The summed E-state index contributed by atoms with van der Waals surface area (Å²) >= 11 is 0. The third-order valence-corrected chi connectivity index (χ3v) is 3.06. The first kappa shape index (κ1) is 15.4. The zero-order valence-corrected chi connectivity index (χ0v) is 11.7. The summed E-state index contributed by atoms with van der Waals surface area (Å²) < 4.78 is 47.2. The molecule has 0 saturated carbocycles. The maximum Gasteiger partial charge on any atom is 0.573 e. The van der Waals surface area contributed by atoms with E-state index in [9.17, 15) is 13.2 Å². The number of halogens is 3. The Morgan fingerprint density at radius 2 is 1.90 bits per heavy atom. The Labute approximate surface area is 120 Å². The Balaban J connectivity index is 2.38. The van der Waals surface area contributed by atoms with Crippen LogP contribution >= 0.6 is 0 Å². The maximum atomic E-state index is 12.5. The Hall–Kier alpha value is -1.95.